The standard InChI is InChI=1S/C15H14N2O4S/c1-10(15(19)20)21-12-6-4-11(5-7-12)9-16-17-14(18)13-3-2-8-22-13/h2-10H,1H3,(H,17,18)(H,19,20)/p-1/b16-9-/t10-/m1/s1. The third-order valence-electron chi connectivity index (χ3n) is 2.65. The molecule has 6 nitrogen and oxygen atoms in total. The Morgan fingerprint density at radius 1 is 1.32 bits per heavy atom. The lowest BCUT2D eigenvalue weighted by molar-refractivity contribution is -0.312. The Labute approximate surface area is 131 Å². The number of nitrogens with zero attached hydrogens (tertiary/aromatic N) is 1. The Hall–Kier alpha value is -2.67. The van der Waals surface area contributed by atoms with Crippen molar-refractivity contribution < 1.29 is 19.4 Å². The number of aliphatic carboxylic acids is 1. The van der Waals surface area contributed by atoms with Gasteiger partial charge >= 0.3 is 0 Å². The Morgan fingerprint density at radius 2 is 2.05 bits per heavy atom. The van der Waals surface area contributed by atoms with Crippen molar-refractivity contribution in [1.82, 2.24) is 5.43 Å². The minimum Gasteiger partial charge on any atom is -0.546 e. The Balaban J connectivity index is 1.89. The van der Waals surface area contributed by atoms with Gasteiger partial charge in [-0.2, -0.15) is 5.10 Å². The molecule has 22 heavy (non-hydrogen) atoms. The summed E-state index contributed by atoms with van der Waals surface area (Å²) in [7, 11) is 0. The van der Waals surface area contributed by atoms with E-state index in [1.165, 1.54) is 24.5 Å². The van der Waals surface area contributed by atoms with Gasteiger partial charge in [0.2, 0.25) is 0 Å². The third-order valence-corrected chi connectivity index (χ3v) is 3.52. The van der Waals surface area contributed by atoms with Gasteiger partial charge in [-0.05, 0) is 48.2 Å². The van der Waals surface area contributed by atoms with Crippen molar-refractivity contribution in [3.63, 3.8) is 0 Å². The largest absolute Gasteiger partial charge is 0.546 e. The van der Waals surface area contributed by atoms with Crippen LogP contribution in [0.1, 0.15) is 22.2 Å². The second kappa shape index (κ2) is 7.37. The zero-order valence-corrected chi connectivity index (χ0v) is 12.5. The van der Waals surface area contributed by atoms with Crippen LogP contribution in [0.3, 0.4) is 0 Å². The highest BCUT2D eigenvalue weighted by atomic mass is 32.1. The van der Waals surface area contributed by atoms with E-state index >= 15 is 0 Å². The van der Waals surface area contributed by atoms with Gasteiger partial charge in [0.05, 0.1) is 17.1 Å². The summed E-state index contributed by atoms with van der Waals surface area (Å²) >= 11 is 1.33. The van der Waals surface area contributed by atoms with Crippen LogP contribution < -0.4 is 15.3 Å². The average Bonchev–Trinajstić information content (AvgIpc) is 3.03. The van der Waals surface area contributed by atoms with E-state index in [4.69, 9.17) is 4.74 Å². The molecule has 1 aromatic carbocycles. The van der Waals surface area contributed by atoms with Gasteiger partial charge in [-0.15, -0.1) is 11.3 Å². The zero-order chi connectivity index (χ0) is 15.9. The number of hydrogen-bond acceptors (Lipinski definition) is 6. The number of thiophene rings is 1. The molecule has 1 atom stereocenters. The summed E-state index contributed by atoms with van der Waals surface area (Å²) in [4.78, 5) is 22.8. The van der Waals surface area contributed by atoms with Gasteiger partial charge in [0.25, 0.3) is 5.91 Å². The van der Waals surface area contributed by atoms with Gasteiger partial charge in [-0.3, -0.25) is 4.79 Å². The third kappa shape index (κ3) is 4.42. The lowest BCUT2D eigenvalue weighted by Crippen LogP contribution is -2.37. The molecule has 2 rings (SSSR count). The number of benzene rings is 1. The van der Waals surface area contributed by atoms with E-state index in [0.717, 1.165) is 5.56 Å². The molecule has 0 radical (unpaired) electrons. The first-order valence-corrected chi connectivity index (χ1v) is 7.28. The van der Waals surface area contributed by atoms with E-state index in [9.17, 15) is 14.7 Å². The van der Waals surface area contributed by atoms with Crippen LogP contribution in [0.4, 0.5) is 0 Å². The molecular formula is C15H13N2O4S-. The molecular weight excluding hydrogens is 304 g/mol. The summed E-state index contributed by atoms with van der Waals surface area (Å²) < 4.78 is 5.15. The number of carbonyl (C=O) groups is 2. The first-order valence-electron chi connectivity index (χ1n) is 6.41. The number of hydrogen-bond donors (Lipinski definition) is 1. The minimum absolute atomic E-state index is 0.269. The number of ether oxygens (including phenoxy) is 1. The molecule has 1 N–H and O–H groups in total. The molecule has 1 aromatic heterocycles. The van der Waals surface area contributed by atoms with E-state index in [2.05, 4.69) is 10.5 Å². The van der Waals surface area contributed by atoms with E-state index in [-0.39, 0.29) is 5.91 Å². The number of carboxylic acid groups (broad SMARTS) is 1. The number of amides is 1. The molecule has 0 aliphatic carbocycles. The second-order valence-corrected chi connectivity index (χ2v) is 5.27. The summed E-state index contributed by atoms with van der Waals surface area (Å²) in [5, 5.41) is 16.2. The van der Waals surface area contributed by atoms with Crippen molar-refractivity contribution in [3.8, 4) is 5.75 Å². The molecule has 0 aliphatic rings. The van der Waals surface area contributed by atoms with Crippen LogP contribution in [-0.2, 0) is 4.79 Å². The van der Waals surface area contributed by atoms with Crippen LogP contribution in [-0.4, -0.2) is 24.2 Å². The fourth-order valence-electron chi connectivity index (χ4n) is 1.51. The molecule has 7 heteroatoms. The van der Waals surface area contributed by atoms with Crippen LogP contribution in [0.5, 0.6) is 5.75 Å². The molecule has 0 saturated carbocycles. The average molecular weight is 317 g/mol. The lowest BCUT2D eigenvalue weighted by atomic mass is 10.2. The quantitative estimate of drug-likeness (QED) is 0.636. The van der Waals surface area contributed by atoms with Crippen molar-refractivity contribution in [2.24, 2.45) is 5.10 Å². The zero-order valence-electron chi connectivity index (χ0n) is 11.7. The first-order chi connectivity index (χ1) is 10.6. The molecule has 0 unspecified atom stereocenters. The topological polar surface area (TPSA) is 90.8 Å². The molecule has 0 bridgehead atoms. The van der Waals surface area contributed by atoms with E-state index in [1.54, 1.807) is 36.4 Å². The number of hydrazone groups is 1. The van der Waals surface area contributed by atoms with Gasteiger partial charge in [-0.1, -0.05) is 6.07 Å². The number of nitrogens with one attached hydrogen (secondary N) is 1. The maximum Gasteiger partial charge on any atom is 0.281 e. The SMILES string of the molecule is C[C@@H](Oc1ccc(/C=N\NC(=O)c2cccs2)cc1)C(=O)[O-]. The molecule has 2 aromatic rings. The van der Waals surface area contributed by atoms with E-state index < -0.39 is 12.1 Å². The Morgan fingerprint density at radius 3 is 2.64 bits per heavy atom. The number of rotatable bonds is 6. The van der Waals surface area contributed by atoms with Gasteiger partial charge in [-0.25, -0.2) is 5.43 Å². The summed E-state index contributed by atoms with van der Waals surface area (Å²) in [6.45, 7) is 1.39. The summed E-state index contributed by atoms with van der Waals surface area (Å²) in [5.74, 6) is -1.13. The second-order valence-electron chi connectivity index (χ2n) is 4.32. The lowest BCUT2D eigenvalue weighted by Gasteiger charge is -2.15. The van der Waals surface area contributed by atoms with Gasteiger partial charge in [0.15, 0.2) is 0 Å². The van der Waals surface area contributed by atoms with Crippen molar-refractivity contribution in [1.29, 1.82) is 0 Å². The molecule has 0 spiro atoms. The summed E-state index contributed by atoms with van der Waals surface area (Å²) in [6.07, 6.45) is 0.460. The number of carbonyl (C=O) groups excluding carboxylic acids is 2. The molecule has 0 saturated heterocycles. The van der Waals surface area contributed by atoms with Crippen LogP contribution in [0.2, 0.25) is 0 Å². The van der Waals surface area contributed by atoms with Gasteiger partial charge in [0, 0.05) is 0 Å². The van der Waals surface area contributed by atoms with Gasteiger partial charge in [0.1, 0.15) is 11.9 Å². The van der Waals surface area contributed by atoms with Crippen molar-refractivity contribution in [2.45, 2.75) is 13.0 Å². The molecule has 1 amide bonds. The highest BCUT2D eigenvalue weighted by molar-refractivity contribution is 7.12. The van der Waals surface area contributed by atoms with Crippen LogP contribution in [0.15, 0.2) is 46.9 Å². The Bertz CT molecular complexity index is 665. The molecule has 1 heterocycles. The predicted octanol–water partition coefficient (Wildman–Crippen LogP) is 1.03. The molecule has 114 valence electrons. The molecule has 0 fully saturated rings. The smallest absolute Gasteiger partial charge is 0.281 e. The monoisotopic (exact) mass is 317 g/mol. The fourth-order valence-corrected chi connectivity index (χ4v) is 2.13. The summed E-state index contributed by atoms with van der Waals surface area (Å²) in [6, 6.07) is 10.1. The molecule has 0 aliphatic heterocycles. The summed E-state index contributed by atoms with van der Waals surface area (Å²) in [5.41, 5.74) is 3.16. The highest BCUT2D eigenvalue weighted by Crippen LogP contribution is 2.13. The normalized spacial score (nSPS) is 12.0. The highest BCUT2D eigenvalue weighted by Gasteiger charge is 2.05. The predicted molar refractivity (Wildman–Crippen MR) is 80.9 cm³/mol. The van der Waals surface area contributed by atoms with Crippen LogP contribution >= 0.6 is 11.3 Å². The maximum absolute atomic E-state index is 11.6. The van der Waals surface area contributed by atoms with Crippen molar-refractivity contribution in [3.05, 3.63) is 52.2 Å². The van der Waals surface area contributed by atoms with Crippen LogP contribution in [0, 0.1) is 0 Å². The number of carboxylic acids is 1. The van der Waals surface area contributed by atoms with Gasteiger partial charge < -0.3 is 14.6 Å². The Kier molecular flexibility index (Phi) is 5.26. The minimum atomic E-state index is -1.28. The maximum atomic E-state index is 11.6. The van der Waals surface area contributed by atoms with Crippen molar-refractivity contribution in [2.75, 3.05) is 0 Å². The first kappa shape index (κ1) is 15.7. The van der Waals surface area contributed by atoms with Crippen molar-refractivity contribution >= 4 is 29.4 Å². The van der Waals surface area contributed by atoms with E-state index in [1.807, 2.05) is 5.38 Å². The fraction of sp³-hybridized carbons (Fsp3) is 0.133. The van der Waals surface area contributed by atoms with E-state index in [0.29, 0.717) is 10.6 Å². The van der Waals surface area contributed by atoms with Crippen LogP contribution in [0.25, 0.3) is 0 Å².